The largest absolute Gasteiger partial charge is 0.507 e. The van der Waals surface area contributed by atoms with Crippen molar-refractivity contribution < 1.29 is 5.11 Å². The fraction of sp³-hybridized carbons (Fsp3) is 0.133. The van der Waals surface area contributed by atoms with Gasteiger partial charge >= 0.3 is 0 Å². The molecule has 1 aromatic heterocycles. The van der Waals surface area contributed by atoms with Crippen LogP contribution in [0.2, 0.25) is 13.1 Å². The highest BCUT2D eigenvalue weighted by Crippen LogP contribution is 2.34. The van der Waals surface area contributed by atoms with Crippen molar-refractivity contribution in [2.75, 3.05) is 0 Å². The quantitative estimate of drug-likeness (QED) is 0.729. The van der Waals surface area contributed by atoms with Gasteiger partial charge in [-0.05, 0) is 24.3 Å². The number of hydrogen-bond donors (Lipinski definition) is 1. The summed E-state index contributed by atoms with van der Waals surface area (Å²) in [6, 6.07) is 14.0. The number of phenolic OH excluding ortho intramolecular Hbond substituents is 1. The van der Waals surface area contributed by atoms with Crippen LogP contribution in [-0.2, 0) is 0 Å². The highest BCUT2D eigenvalue weighted by atomic mass is 32.1. The normalized spacial score (nSPS) is 11.3. The number of hydrogen-bond acceptors (Lipinski definition) is 3. The Morgan fingerprint density at radius 3 is 2.63 bits per heavy atom. The lowest BCUT2D eigenvalue weighted by Crippen LogP contribution is -2.22. The molecule has 0 unspecified atom stereocenters. The van der Waals surface area contributed by atoms with E-state index in [0.717, 1.165) is 20.8 Å². The van der Waals surface area contributed by atoms with Crippen LogP contribution in [0.25, 0.3) is 20.8 Å². The van der Waals surface area contributed by atoms with E-state index in [0.29, 0.717) is 5.75 Å². The van der Waals surface area contributed by atoms with Gasteiger partial charge in [-0.25, -0.2) is 4.98 Å². The fourth-order valence-corrected chi connectivity index (χ4v) is 3.85. The van der Waals surface area contributed by atoms with Crippen LogP contribution < -0.4 is 5.19 Å². The Bertz CT molecular complexity index is 703. The van der Waals surface area contributed by atoms with Gasteiger partial charge in [0.15, 0.2) is 0 Å². The first kappa shape index (κ1) is 12.4. The molecule has 0 atom stereocenters. The molecule has 19 heavy (non-hydrogen) atoms. The van der Waals surface area contributed by atoms with Crippen LogP contribution in [0, 0.1) is 0 Å². The minimum absolute atomic E-state index is 0.311. The van der Waals surface area contributed by atoms with E-state index < -0.39 is 8.80 Å². The van der Waals surface area contributed by atoms with Crippen LogP contribution >= 0.6 is 11.3 Å². The molecule has 4 heteroatoms. The van der Waals surface area contributed by atoms with Crippen LogP contribution in [0.5, 0.6) is 5.75 Å². The highest BCUT2D eigenvalue weighted by molar-refractivity contribution is 7.21. The van der Waals surface area contributed by atoms with Crippen molar-refractivity contribution in [2.45, 2.75) is 13.1 Å². The summed E-state index contributed by atoms with van der Waals surface area (Å²) in [6.45, 7) is 4.50. The zero-order chi connectivity index (χ0) is 13.4. The van der Waals surface area contributed by atoms with E-state index in [4.69, 9.17) is 0 Å². The maximum atomic E-state index is 10.1. The van der Waals surface area contributed by atoms with E-state index in [1.54, 1.807) is 17.4 Å². The van der Waals surface area contributed by atoms with Gasteiger partial charge in [-0.3, -0.25) is 0 Å². The molecule has 0 amide bonds. The van der Waals surface area contributed by atoms with E-state index in [-0.39, 0.29) is 0 Å². The molecule has 0 bridgehead atoms. The molecule has 0 spiro atoms. The smallest absolute Gasteiger partial charge is 0.128 e. The van der Waals surface area contributed by atoms with E-state index in [1.165, 1.54) is 5.19 Å². The van der Waals surface area contributed by atoms with Gasteiger partial charge in [0.25, 0.3) is 0 Å². The predicted octanol–water partition coefficient (Wildman–Crippen LogP) is 3.63. The summed E-state index contributed by atoms with van der Waals surface area (Å²) >= 11 is 1.63. The second-order valence-electron chi connectivity index (χ2n) is 4.72. The van der Waals surface area contributed by atoms with Crippen molar-refractivity contribution in [2.24, 2.45) is 0 Å². The highest BCUT2D eigenvalue weighted by Gasteiger charge is 2.12. The molecule has 0 saturated heterocycles. The van der Waals surface area contributed by atoms with E-state index >= 15 is 0 Å². The molecule has 2 aromatic carbocycles. The Hall–Kier alpha value is -1.65. The molecule has 1 N–H and O–H groups in total. The van der Waals surface area contributed by atoms with Gasteiger partial charge in [0.1, 0.15) is 10.8 Å². The van der Waals surface area contributed by atoms with Crippen LogP contribution in [0.1, 0.15) is 0 Å². The number of phenols is 1. The molecule has 3 rings (SSSR count). The number of thiazole rings is 1. The molecule has 0 aliphatic heterocycles. The van der Waals surface area contributed by atoms with E-state index in [1.807, 2.05) is 24.3 Å². The predicted molar refractivity (Wildman–Crippen MR) is 83.8 cm³/mol. The summed E-state index contributed by atoms with van der Waals surface area (Å²) in [5.41, 5.74) is 1.84. The molecular formula is C15H14NOSSi. The third-order valence-electron chi connectivity index (χ3n) is 3.10. The van der Waals surface area contributed by atoms with Gasteiger partial charge in [-0.2, -0.15) is 0 Å². The fourth-order valence-electron chi connectivity index (χ4n) is 2.01. The number of aromatic hydroxyl groups is 1. The number of aromatic nitrogens is 1. The van der Waals surface area contributed by atoms with Gasteiger partial charge in [-0.15, -0.1) is 11.3 Å². The van der Waals surface area contributed by atoms with E-state index in [2.05, 4.69) is 30.2 Å². The second-order valence-corrected chi connectivity index (χ2v) is 8.33. The van der Waals surface area contributed by atoms with E-state index in [9.17, 15) is 5.11 Å². The Labute approximate surface area is 118 Å². The van der Waals surface area contributed by atoms with Crippen LogP contribution in [0.4, 0.5) is 0 Å². The van der Waals surface area contributed by atoms with Gasteiger partial charge in [0.05, 0.1) is 24.6 Å². The number of fused-ring (bicyclic) bond motifs is 1. The molecule has 3 aromatic rings. The molecule has 1 radical (unpaired) electrons. The molecule has 95 valence electrons. The molecular weight excluding hydrogens is 270 g/mol. The minimum atomic E-state index is -0.522. The standard InChI is InChI=1S/C15H14NOSSi/c1-19(2)10-7-8-13(17)11(9-10)15-16-12-5-3-4-6-14(12)18-15/h3-9,17H,1-2H3. The second kappa shape index (κ2) is 4.79. The summed E-state index contributed by atoms with van der Waals surface area (Å²) < 4.78 is 1.15. The third kappa shape index (κ3) is 2.29. The van der Waals surface area contributed by atoms with Crippen LogP contribution in [-0.4, -0.2) is 18.9 Å². The van der Waals surface area contributed by atoms with Crippen molar-refractivity contribution in [3.63, 3.8) is 0 Å². The van der Waals surface area contributed by atoms with Crippen molar-refractivity contribution in [3.8, 4) is 16.3 Å². The van der Waals surface area contributed by atoms with Gasteiger partial charge in [-0.1, -0.05) is 36.5 Å². The van der Waals surface area contributed by atoms with Crippen molar-refractivity contribution >= 4 is 35.5 Å². The molecule has 0 aliphatic rings. The Kier molecular flexibility index (Phi) is 3.12. The molecule has 1 heterocycles. The summed E-state index contributed by atoms with van der Waals surface area (Å²) in [4.78, 5) is 4.61. The Morgan fingerprint density at radius 2 is 1.89 bits per heavy atom. The third-order valence-corrected chi connectivity index (χ3v) is 5.63. The zero-order valence-corrected chi connectivity index (χ0v) is 12.7. The average Bonchev–Trinajstić information content (AvgIpc) is 2.82. The first-order valence-electron chi connectivity index (χ1n) is 6.14. The summed E-state index contributed by atoms with van der Waals surface area (Å²) in [7, 11) is -0.522. The monoisotopic (exact) mass is 284 g/mol. The van der Waals surface area contributed by atoms with Crippen molar-refractivity contribution in [1.82, 2.24) is 4.98 Å². The van der Waals surface area contributed by atoms with Gasteiger partial charge < -0.3 is 5.11 Å². The summed E-state index contributed by atoms with van der Waals surface area (Å²) in [5, 5.41) is 12.3. The van der Waals surface area contributed by atoms with Crippen LogP contribution in [0.3, 0.4) is 0 Å². The Morgan fingerprint density at radius 1 is 1.11 bits per heavy atom. The van der Waals surface area contributed by atoms with Crippen molar-refractivity contribution in [1.29, 1.82) is 0 Å². The SMILES string of the molecule is C[Si](C)c1ccc(O)c(-c2nc3ccccc3s2)c1. The topological polar surface area (TPSA) is 33.1 Å². The number of benzene rings is 2. The first-order valence-corrected chi connectivity index (χ1v) is 9.46. The zero-order valence-electron chi connectivity index (χ0n) is 10.8. The summed E-state index contributed by atoms with van der Waals surface area (Å²) in [6.07, 6.45) is 0. The number of nitrogens with zero attached hydrogens (tertiary/aromatic N) is 1. The molecule has 0 fully saturated rings. The molecule has 2 nitrogen and oxygen atoms in total. The lowest BCUT2D eigenvalue weighted by molar-refractivity contribution is 0.477. The average molecular weight is 284 g/mol. The first-order chi connectivity index (χ1) is 9.15. The molecule has 0 saturated carbocycles. The lowest BCUT2D eigenvalue weighted by Gasteiger charge is -2.07. The van der Waals surface area contributed by atoms with Gasteiger partial charge in [0.2, 0.25) is 0 Å². The number of para-hydroxylation sites is 1. The Balaban J connectivity index is 2.17. The summed E-state index contributed by atoms with van der Waals surface area (Å²) in [5.74, 6) is 0.311. The van der Waals surface area contributed by atoms with Crippen LogP contribution in [0.15, 0.2) is 42.5 Å². The lowest BCUT2D eigenvalue weighted by atomic mass is 10.2. The van der Waals surface area contributed by atoms with Crippen molar-refractivity contribution in [3.05, 3.63) is 42.5 Å². The van der Waals surface area contributed by atoms with Gasteiger partial charge in [0, 0.05) is 0 Å². The maximum Gasteiger partial charge on any atom is 0.128 e. The number of rotatable bonds is 2. The molecule has 0 aliphatic carbocycles. The minimum Gasteiger partial charge on any atom is -0.507 e. The maximum absolute atomic E-state index is 10.1.